The molecule has 284 valence electrons. The number of nitrogen functional groups attached to an aromatic ring is 1. The number of thiazole rings is 2. The molecule has 2 aromatic carbocycles. The number of rotatable bonds is 7. The van der Waals surface area contributed by atoms with Crippen molar-refractivity contribution in [3.63, 3.8) is 0 Å². The molecular weight excluding hydrogens is 729 g/mol. The van der Waals surface area contributed by atoms with Crippen LogP contribution in [0.1, 0.15) is 28.3 Å². The summed E-state index contributed by atoms with van der Waals surface area (Å²) in [6, 6.07) is 18.2. The molecule has 4 N–H and O–H groups in total. The third-order valence-corrected chi connectivity index (χ3v) is 11.7. The lowest BCUT2D eigenvalue weighted by molar-refractivity contribution is -0.129. The predicted molar refractivity (Wildman–Crippen MR) is 224 cm³/mol. The minimum atomic E-state index is 0.148. The summed E-state index contributed by atoms with van der Waals surface area (Å²) in [6.45, 7) is 16.9. The normalized spacial score (nSPS) is 14.4. The molecule has 0 spiro atoms. The second-order valence-electron chi connectivity index (χ2n) is 13.5. The quantitative estimate of drug-likeness (QED) is 0.152. The van der Waals surface area contributed by atoms with E-state index in [1.807, 2.05) is 62.9 Å². The van der Waals surface area contributed by atoms with Crippen molar-refractivity contribution < 1.29 is 4.79 Å². The van der Waals surface area contributed by atoms with E-state index in [1.165, 1.54) is 0 Å². The fourth-order valence-corrected chi connectivity index (χ4v) is 8.50. The van der Waals surface area contributed by atoms with Crippen LogP contribution in [-0.2, 0) is 4.79 Å². The molecule has 1 amide bonds. The van der Waals surface area contributed by atoms with Crippen LogP contribution in [0.15, 0.2) is 67.0 Å². The average Bonchev–Trinajstić information content (AvgIpc) is 3.73. The van der Waals surface area contributed by atoms with E-state index in [2.05, 4.69) is 69.6 Å². The lowest BCUT2D eigenvalue weighted by atomic mass is 10.1. The van der Waals surface area contributed by atoms with Crippen LogP contribution in [0.2, 0.25) is 0 Å². The van der Waals surface area contributed by atoms with Gasteiger partial charge in [0.25, 0.3) is 0 Å². The molecular formula is C40H46N12OS2. The van der Waals surface area contributed by atoms with Gasteiger partial charge in [-0.05, 0) is 82.3 Å². The summed E-state index contributed by atoms with van der Waals surface area (Å²) in [6.07, 6.45) is 3.56. The maximum Gasteiger partial charge on any atom is 0.227 e. The van der Waals surface area contributed by atoms with Crippen molar-refractivity contribution in [3.8, 4) is 32.5 Å². The topological polar surface area (TPSA) is 154 Å². The van der Waals surface area contributed by atoms with E-state index < -0.39 is 0 Å². The fourth-order valence-electron chi connectivity index (χ4n) is 6.72. The first-order valence-electron chi connectivity index (χ1n) is 18.4. The SMILES string of the molecule is CC(=O)N1CCN(c2ccc(Nc3nccc(-c4sc(C)nc4C)n3)cc2)CC1.Cc1nc(C)c(-c2ccnc(-c3cc(N4CCNCC4)ccc3N)n2)s1. The van der Waals surface area contributed by atoms with Crippen LogP contribution in [-0.4, -0.2) is 93.1 Å². The highest BCUT2D eigenvalue weighted by Gasteiger charge is 2.19. The number of piperazine rings is 2. The third kappa shape index (κ3) is 9.07. The molecule has 0 radical (unpaired) electrons. The largest absolute Gasteiger partial charge is 0.398 e. The van der Waals surface area contributed by atoms with E-state index in [9.17, 15) is 4.79 Å². The van der Waals surface area contributed by atoms with E-state index in [0.717, 1.165) is 118 Å². The second-order valence-corrected chi connectivity index (χ2v) is 15.9. The van der Waals surface area contributed by atoms with Crippen LogP contribution in [0.4, 0.5) is 28.7 Å². The van der Waals surface area contributed by atoms with Crippen molar-refractivity contribution in [2.75, 3.05) is 73.2 Å². The minimum Gasteiger partial charge on any atom is -0.398 e. The molecule has 0 unspecified atom stereocenters. The first-order chi connectivity index (χ1) is 26.6. The van der Waals surface area contributed by atoms with Crippen LogP contribution in [0.3, 0.4) is 0 Å². The zero-order valence-corrected chi connectivity index (χ0v) is 33.5. The monoisotopic (exact) mass is 774 g/mol. The van der Waals surface area contributed by atoms with Crippen molar-refractivity contribution in [1.29, 1.82) is 0 Å². The van der Waals surface area contributed by atoms with Crippen LogP contribution < -0.4 is 26.2 Å². The fraction of sp³-hybridized carbons (Fsp3) is 0.325. The molecule has 13 nitrogen and oxygen atoms in total. The highest BCUT2D eigenvalue weighted by Crippen LogP contribution is 2.33. The Balaban J connectivity index is 0.000000170. The number of anilines is 5. The summed E-state index contributed by atoms with van der Waals surface area (Å²) in [7, 11) is 0. The number of nitrogens with one attached hydrogen (secondary N) is 2. The molecule has 4 aromatic heterocycles. The summed E-state index contributed by atoms with van der Waals surface area (Å²) >= 11 is 3.30. The first-order valence-corrected chi connectivity index (χ1v) is 20.0. The van der Waals surface area contributed by atoms with Crippen molar-refractivity contribution in [2.45, 2.75) is 34.6 Å². The van der Waals surface area contributed by atoms with E-state index in [1.54, 1.807) is 42.0 Å². The van der Waals surface area contributed by atoms with Gasteiger partial charge in [-0.15, -0.1) is 22.7 Å². The van der Waals surface area contributed by atoms with Gasteiger partial charge >= 0.3 is 0 Å². The van der Waals surface area contributed by atoms with Gasteiger partial charge in [0.1, 0.15) is 0 Å². The van der Waals surface area contributed by atoms with Gasteiger partial charge in [-0.1, -0.05) is 0 Å². The standard InChI is InChI=1S/C21H24N6OS.C19H22N6S/c1-14-20(29-15(2)23-14)19-8-9-22-21(25-19)24-17-4-6-18(7-5-17)27-12-10-26(11-13-27)16(3)28;1-12-18(26-13(2)23-12)17-5-6-22-19(24-17)15-11-14(3-4-16(15)20)25-9-7-21-8-10-25/h4-9H,10-13H2,1-3H3,(H,22,24,25);3-6,11,21H,7-10,20H2,1-2H3. The number of carbonyl (C=O) groups excluding carboxylic acids is 1. The zero-order chi connectivity index (χ0) is 38.5. The van der Waals surface area contributed by atoms with Crippen molar-refractivity contribution in [1.82, 2.24) is 40.1 Å². The smallest absolute Gasteiger partial charge is 0.227 e. The van der Waals surface area contributed by atoms with Crippen LogP contribution in [0.25, 0.3) is 32.5 Å². The summed E-state index contributed by atoms with van der Waals surface area (Å²) in [4.78, 5) is 47.4. The number of benzene rings is 2. The third-order valence-electron chi connectivity index (χ3n) is 9.56. The van der Waals surface area contributed by atoms with Gasteiger partial charge in [-0.25, -0.2) is 29.9 Å². The average molecular weight is 775 g/mol. The van der Waals surface area contributed by atoms with Gasteiger partial charge in [0.15, 0.2) is 5.82 Å². The maximum atomic E-state index is 11.5. The van der Waals surface area contributed by atoms with Crippen LogP contribution in [0, 0.1) is 27.7 Å². The Morgan fingerprint density at radius 3 is 1.89 bits per heavy atom. The molecule has 6 heterocycles. The highest BCUT2D eigenvalue weighted by molar-refractivity contribution is 7.15. The molecule has 0 atom stereocenters. The second kappa shape index (κ2) is 16.9. The first kappa shape index (κ1) is 37.8. The lowest BCUT2D eigenvalue weighted by Crippen LogP contribution is -2.48. The molecule has 8 rings (SSSR count). The Morgan fingerprint density at radius 2 is 1.29 bits per heavy atom. The molecule has 0 bridgehead atoms. The number of aromatic nitrogens is 6. The minimum absolute atomic E-state index is 0.148. The maximum absolute atomic E-state index is 11.5. The molecule has 0 saturated carbocycles. The number of hydrogen-bond donors (Lipinski definition) is 3. The number of carbonyl (C=O) groups is 1. The number of nitrogens with zero attached hydrogens (tertiary/aromatic N) is 9. The van der Waals surface area contributed by atoms with Crippen LogP contribution in [0.5, 0.6) is 0 Å². The summed E-state index contributed by atoms with van der Waals surface area (Å²) in [5.74, 6) is 1.37. The Labute approximate surface area is 329 Å². The molecule has 15 heteroatoms. The molecule has 55 heavy (non-hydrogen) atoms. The van der Waals surface area contributed by atoms with Crippen LogP contribution >= 0.6 is 22.7 Å². The number of hydrogen-bond acceptors (Lipinski definition) is 14. The van der Waals surface area contributed by atoms with Gasteiger partial charge in [-0.2, -0.15) is 0 Å². The van der Waals surface area contributed by atoms with Crippen molar-refractivity contribution in [2.24, 2.45) is 0 Å². The predicted octanol–water partition coefficient (Wildman–Crippen LogP) is 6.50. The molecule has 0 aliphatic carbocycles. The Morgan fingerprint density at radius 1 is 0.709 bits per heavy atom. The Kier molecular flexibility index (Phi) is 11.6. The lowest BCUT2D eigenvalue weighted by Gasteiger charge is -2.35. The number of amides is 1. The van der Waals surface area contributed by atoms with E-state index in [-0.39, 0.29) is 5.91 Å². The van der Waals surface area contributed by atoms with E-state index >= 15 is 0 Å². The molecule has 2 fully saturated rings. The molecule has 2 aliphatic rings. The molecule has 2 aliphatic heterocycles. The van der Waals surface area contributed by atoms with Gasteiger partial charge in [0.05, 0.1) is 42.5 Å². The van der Waals surface area contributed by atoms with Gasteiger partial charge in [0.2, 0.25) is 11.9 Å². The van der Waals surface area contributed by atoms with Gasteiger partial charge in [-0.3, -0.25) is 4.79 Å². The van der Waals surface area contributed by atoms with Crippen molar-refractivity contribution in [3.05, 3.63) is 88.4 Å². The van der Waals surface area contributed by atoms with E-state index in [4.69, 9.17) is 10.7 Å². The zero-order valence-electron chi connectivity index (χ0n) is 31.8. The highest BCUT2D eigenvalue weighted by atomic mass is 32.1. The molecule has 6 aromatic rings. The van der Waals surface area contributed by atoms with E-state index in [0.29, 0.717) is 17.5 Å². The summed E-state index contributed by atoms with van der Waals surface area (Å²) in [5, 5.41) is 8.73. The molecule has 2 saturated heterocycles. The number of aryl methyl sites for hydroxylation is 4. The van der Waals surface area contributed by atoms with Gasteiger partial charge < -0.3 is 31.1 Å². The summed E-state index contributed by atoms with van der Waals surface area (Å²) < 4.78 is 0. The Hall–Kier alpha value is -5.51. The number of nitrogens with two attached hydrogens (primary N) is 1. The summed E-state index contributed by atoms with van der Waals surface area (Å²) in [5.41, 5.74) is 14.8. The van der Waals surface area contributed by atoms with Crippen molar-refractivity contribution >= 4 is 57.3 Å². The Bertz CT molecular complexity index is 2260. The van der Waals surface area contributed by atoms with Gasteiger partial charge in [0, 0.05) is 100.0 Å².